The van der Waals surface area contributed by atoms with Crippen LogP contribution in [0.5, 0.6) is 0 Å². The summed E-state index contributed by atoms with van der Waals surface area (Å²) in [6.07, 6.45) is 2.32. The predicted octanol–water partition coefficient (Wildman–Crippen LogP) is 3.07. The Morgan fingerprint density at radius 3 is 3.00 bits per heavy atom. The van der Waals surface area contributed by atoms with Gasteiger partial charge in [0.15, 0.2) is 6.29 Å². The van der Waals surface area contributed by atoms with Crippen LogP contribution in [0.1, 0.15) is 37.5 Å². The van der Waals surface area contributed by atoms with Gasteiger partial charge in [-0.15, -0.1) is 0 Å². The molecule has 1 aromatic rings. The first-order chi connectivity index (χ1) is 7.31. The van der Waals surface area contributed by atoms with Crippen LogP contribution in [0.25, 0.3) is 0 Å². The van der Waals surface area contributed by atoms with Gasteiger partial charge < -0.3 is 9.47 Å². The molecule has 0 saturated heterocycles. The molecule has 2 rings (SSSR count). The molecule has 0 aliphatic heterocycles. The first-order valence-electron chi connectivity index (χ1n) is 5.66. The molecule has 0 saturated carbocycles. The van der Waals surface area contributed by atoms with Crippen molar-refractivity contribution in [3.8, 4) is 0 Å². The third-order valence-electron chi connectivity index (χ3n) is 2.84. The van der Waals surface area contributed by atoms with Crippen LogP contribution in [-0.4, -0.2) is 12.9 Å². The summed E-state index contributed by atoms with van der Waals surface area (Å²) in [4.78, 5) is 0. The van der Waals surface area contributed by atoms with E-state index in [2.05, 4.69) is 24.3 Å². The molecule has 82 valence electrons. The molecule has 0 spiro atoms. The Kier molecular flexibility index (Phi) is 3.39. The molecular weight excluding hydrogens is 188 g/mol. The number of ether oxygens (including phenoxy) is 2. The van der Waals surface area contributed by atoms with Gasteiger partial charge in [0, 0.05) is 6.61 Å². The van der Waals surface area contributed by atoms with Crippen molar-refractivity contribution in [3.63, 3.8) is 0 Å². The third kappa shape index (κ3) is 2.39. The fourth-order valence-electron chi connectivity index (χ4n) is 2.16. The lowest BCUT2D eigenvalue weighted by Gasteiger charge is -2.19. The van der Waals surface area contributed by atoms with Crippen molar-refractivity contribution in [2.45, 2.75) is 39.1 Å². The van der Waals surface area contributed by atoms with E-state index in [1.165, 1.54) is 11.1 Å². The number of aryl methyl sites for hydroxylation is 1. The van der Waals surface area contributed by atoms with Crippen LogP contribution in [0.2, 0.25) is 0 Å². The van der Waals surface area contributed by atoms with E-state index in [-0.39, 0.29) is 12.4 Å². The normalized spacial score (nSPS) is 21.3. The van der Waals surface area contributed by atoms with Gasteiger partial charge in [0.1, 0.15) is 0 Å². The largest absolute Gasteiger partial charge is 0.353 e. The van der Waals surface area contributed by atoms with Gasteiger partial charge in [-0.25, -0.2) is 0 Å². The van der Waals surface area contributed by atoms with E-state index in [9.17, 15) is 0 Å². The average Bonchev–Trinajstić information content (AvgIpc) is 2.62. The van der Waals surface area contributed by atoms with Gasteiger partial charge in [-0.2, -0.15) is 0 Å². The lowest BCUT2D eigenvalue weighted by atomic mass is 10.1. The van der Waals surface area contributed by atoms with Crippen LogP contribution in [-0.2, 0) is 15.9 Å². The van der Waals surface area contributed by atoms with Gasteiger partial charge in [-0.3, -0.25) is 0 Å². The summed E-state index contributed by atoms with van der Waals surface area (Å²) in [6, 6.07) is 8.51. The van der Waals surface area contributed by atoms with Gasteiger partial charge in [0.25, 0.3) is 0 Å². The molecule has 1 unspecified atom stereocenters. The summed E-state index contributed by atoms with van der Waals surface area (Å²) in [5.41, 5.74) is 2.76. The molecule has 0 bridgehead atoms. The van der Waals surface area contributed by atoms with E-state index < -0.39 is 0 Å². The molecular formula is C13H18O2. The lowest BCUT2D eigenvalue weighted by molar-refractivity contribution is -0.158. The summed E-state index contributed by atoms with van der Waals surface area (Å²) in [6.45, 7) is 4.66. The van der Waals surface area contributed by atoms with E-state index in [0.29, 0.717) is 6.61 Å². The minimum Gasteiger partial charge on any atom is -0.353 e. The summed E-state index contributed by atoms with van der Waals surface area (Å²) in [7, 11) is 0. The van der Waals surface area contributed by atoms with E-state index in [1.54, 1.807) is 0 Å². The van der Waals surface area contributed by atoms with Crippen molar-refractivity contribution >= 4 is 0 Å². The molecule has 0 amide bonds. The number of hydrogen-bond donors (Lipinski definition) is 0. The van der Waals surface area contributed by atoms with Crippen molar-refractivity contribution < 1.29 is 9.47 Å². The summed E-state index contributed by atoms with van der Waals surface area (Å²) in [5.74, 6) is 0. The van der Waals surface area contributed by atoms with Gasteiger partial charge >= 0.3 is 0 Å². The van der Waals surface area contributed by atoms with Crippen LogP contribution >= 0.6 is 0 Å². The number of rotatable bonds is 4. The van der Waals surface area contributed by atoms with Crippen molar-refractivity contribution in [1.29, 1.82) is 0 Å². The van der Waals surface area contributed by atoms with E-state index in [4.69, 9.17) is 9.47 Å². The molecule has 2 heteroatoms. The van der Waals surface area contributed by atoms with Crippen LogP contribution in [0, 0.1) is 0 Å². The van der Waals surface area contributed by atoms with Crippen molar-refractivity contribution in [1.82, 2.24) is 0 Å². The third-order valence-corrected chi connectivity index (χ3v) is 2.84. The Labute approximate surface area is 91.2 Å². The van der Waals surface area contributed by atoms with E-state index in [0.717, 1.165) is 12.8 Å². The average molecular weight is 206 g/mol. The zero-order valence-corrected chi connectivity index (χ0v) is 9.40. The van der Waals surface area contributed by atoms with Crippen molar-refractivity contribution in [2.24, 2.45) is 0 Å². The highest BCUT2D eigenvalue weighted by molar-refractivity contribution is 5.33. The molecule has 0 radical (unpaired) electrons. The SMILES string of the molecule is CCO[C@@H](C)OC1CCc2ccccc21. The van der Waals surface area contributed by atoms with Crippen molar-refractivity contribution in [3.05, 3.63) is 35.4 Å². The highest BCUT2D eigenvalue weighted by Crippen LogP contribution is 2.34. The Hall–Kier alpha value is -0.860. The van der Waals surface area contributed by atoms with E-state index in [1.807, 2.05) is 13.8 Å². The monoisotopic (exact) mass is 206 g/mol. The lowest BCUT2D eigenvalue weighted by Crippen LogP contribution is -2.15. The Morgan fingerprint density at radius 2 is 2.20 bits per heavy atom. The van der Waals surface area contributed by atoms with Gasteiger partial charge in [-0.05, 0) is 37.8 Å². The quantitative estimate of drug-likeness (QED) is 0.705. The van der Waals surface area contributed by atoms with Gasteiger partial charge in [0.05, 0.1) is 6.10 Å². The number of fused-ring (bicyclic) bond motifs is 1. The Morgan fingerprint density at radius 1 is 1.40 bits per heavy atom. The second-order valence-electron chi connectivity index (χ2n) is 3.89. The zero-order chi connectivity index (χ0) is 10.7. The maximum atomic E-state index is 5.86. The fraction of sp³-hybridized carbons (Fsp3) is 0.538. The van der Waals surface area contributed by atoms with Crippen LogP contribution in [0.4, 0.5) is 0 Å². The van der Waals surface area contributed by atoms with Gasteiger partial charge in [0.2, 0.25) is 0 Å². The molecule has 1 aliphatic rings. The molecule has 0 heterocycles. The Bertz CT molecular complexity index is 322. The van der Waals surface area contributed by atoms with Crippen LogP contribution in [0.15, 0.2) is 24.3 Å². The highest BCUT2D eigenvalue weighted by atomic mass is 16.7. The summed E-state index contributed by atoms with van der Waals surface area (Å²) < 4.78 is 11.3. The zero-order valence-electron chi connectivity index (χ0n) is 9.40. The minimum absolute atomic E-state index is 0.105. The molecule has 0 fully saturated rings. The summed E-state index contributed by atoms with van der Waals surface area (Å²) in [5, 5.41) is 0. The first-order valence-corrected chi connectivity index (χ1v) is 5.66. The minimum atomic E-state index is -0.105. The molecule has 1 aliphatic carbocycles. The van der Waals surface area contributed by atoms with Crippen LogP contribution < -0.4 is 0 Å². The number of hydrogen-bond acceptors (Lipinski definition) is 2. The maximum absolute atomic E-state index is 5.86. The molecule has 0 aromatic heterocycles. The second kappa shape index (κ2) is 4.77. The van der Waals surface area contributed by atoms with Crippen molar-refractivity contribution in [2.75, 3.05) is 6.61 Å². The highest BCUT2D eigenvalue weighted by Gasteiger charge is 2.24. The molecule has 0 N–H and O–H groups in total. The predicted molar refractivity (Wildman–Crippen MR) is 59.7 cm³/mol. The maximum Gasteiger partial charge on any atom is 0.155 e. The van der Waals surface area contributed by atoms with Crippen LogP contribution in [0.3, 0.4) is 0 Å². The molecule has 2 atom stereocenters. The second-order valence-corrected chi connectivity index (χ2v) is 3.89. The number of benzene rings is 1. The van der Waals surface area contributed by atoms with Gasteiger partial charge in [-0.1, -0.05) is 24.3 Å². The first kappa shape index (κ1) is 10.7. The molecule has 1 aromatic carbocycles. The molecule has 15 heavy (non-hydrogen) atoms. The molecule has 2 nitrogen and oxygen atoms in total. The topological polar surface area (TPSA) is 18.5 Å². The fourth-order valence-corrected chi connectivity index (χ4v) is 2.16. The van der Waals surface area contributed by atoms with E-state index >= 15 is 0 Å². The standard InChI is InChI=1S/C13H18O2/c1-3-14-10(2)15-13-9-8-11-6-4-5-7-12(11)13/h4-7,10,13H,3,8-9H2,1-2H3/t10-,13?/m1/s1. The smallest absolute Gasteiger partial charge is 0.155 e. The Balaban J connectivity index is 2.01. The summed E-state index contributed by atoms with van der Waals surface area (Å²) >= 11 is 0.